The van der Waals surface area contributed by atoms with E-state index in [1.54, 1.807) is 0 Å². The van der Waals surface area contributed by atoms with Gasteiger partial charge < -0.3 is 0 Å². The van der Waals surface area contributed by atoms with Crippen LogP contribution in [0.5, 0.6) is 0 Å². The molecular weight excluding hydrogens is 168 g/mol. The Morgan fingerprint density at radius 3 is 1.57 bits per heavy atom. The van der Waals surface area contributed by atoms with Gasteiger partial charge in [-0.05, 0) is 30.1 Å². The van der Waals surface area contributed by atoms with Crippen molar-refractivity contribution in [2.45, 2.75) is 67.2 Å². The quantitative estimate of drug-likeness (QED) is 0.532. The van der Waals surface area contributed by atoms with Gasteiger partial charge in [-0.25, -0.2) is 0 Å². The first-order valence-corrected chi connectivity index (χ1v) is 6.56. The second-order valence-electron chi connectivity index (χ2n) is 5.19. The zero-order valence-electron chi connectivity index (χ0n) is 11.1. The summed E-state index contributed by atoms with van der Waals surface area (Å²) in [6.07, 6.45) is 5.52. The minimum Gasteiger partial charge on any atom is -0.0651 e. The van der Waals surface area contributed by atoms with E-state index in [2.05, 4.69) is 41.5 Å². The van der Waals surface area contributed by atoms with E-state index in [0.717, 1.165) is 23.7 Å². The maximum atomic E-state index is 2.43. The normalized spacial score (nSPS) is 16.3. The van der Waals surface area contributed by atoms with Crippen LogP contribution in [0.1, 0.15) is 67.2 Å². The Hall–Kier alpha value is 0. The molecule has 0 aliphatic rings. The molecule has 0 fully saturated rings. The molecule has 0 nitrogen and oxygen atoms in total. The second-order valence-corrected chi connectivity index (χ2v) is 5.19. The summed E-state index contributed by atoms with van der Waals surface area (Å²) in [6.45, 7) is 14.2. The Kier molecular flexibility index (Phi) is 7.31. The van der Waals surface area contributed by atoms with Crippen molar-refractivity contribution in [2.75, 3.05) is 0 Å². The topological polar surface area (TPSA) is 0 Å². The first kappa shape index (κ1) is 14.0. The van der Waals surface area contributed by atoms with E-state index in [1.807, 2.05) is 0 Å². The second kappa shape index (κ2) is 7.31. The van der Waals surface area contributed by atoms with Gasteiger partial charge in [0.1, 0.15) is 0 Å². The molecule has 2 atom stereocenters. The fraction of sp³-hybridized carbons (Fsp3) is 1.00. The van der Waals surface area contributed by atoms with E-state index in [1.165, 1.54) is 25.7 Å². The summed E-state index contributed by atoms with van der Waals surface area (Å²) in [4.78, 5) is 0. The highest BCUT2D eigenvalue weighted by molar-refractivity contribution is 4.71. The van der Waals surface area contributed by atoms with Crippen molar-refractivity contribution in [3.8, 4) is 0 Å². The molecule has 14 heavy (non-hydrogen) atoms. The fourth-order valence-corrected chi connectivity index (χ4v) is 2.35. The summed E-state index contributed by atoms with van der Waals surface area (Å²) in [5.41, 5.74) is 0. The molecule has 0 spiro atoms. The first-order chi connectivity index (χ1) is 6.56. The van der Waals surface area contributed by atoms with Crippen molar-refractivity contribution in [1.82, 2.24) is 0 Å². The van der Waals surface area contributed by atoms with Gasteiger partial charge in [-0.15, -0.1) is 0 Å². The molecule has 2 unspecified atom stereocenters. The number of hydrogen-bond donors (Lipinski definition) is 0. The average molecular weight is 198 g/mol. The summed E-state index contributed by atoms with van der Waals surface area (Å²) in [5, 5.41) is 0. The van der Waals surface area contributed by atoms with Gasteiger partial charge in [-0.3, -0.25) is 0 Å². The van der Waals surface area contributed by atoms with Crippen molar-refractivity contribution in [3.63, 3.8) is 0 Å². The summed E-state index contributed by atoms with van der Waals surface area (Å²) in [7, 11) is 0. The maximum Gasteiger partial charge on any atom is -0.0386 e. The molecule has 0 aromatic heterocycles. The summed E-state index contributed by atoms with van der Waals surface area (Å²) in [5.74, 6) is 3.64. The van der Waals surface area contributed by atoms with Crippen LogP contribution in [0, 0.1) is 23.7 Å². The van der Waals surface area contributed by atoms with Gasteiger partial charge in [0, 0.05) is 0 Å². The van der Waals surface area contributed by atoms with Crippen LogP contribution >= 0.6 is 0 Å². The lowest BCUT2D eigenvalue weighted by molar-refractivity contribution is 0.217. The molecule has 0 aromatic rings. The van der Waals surface area contributed by atoms with Crippen LogP contribution in [-0.2, 0) is 0 Å². The monoisotopic (exact) mass is 198 g/mol. The van der Waals surface area contributed by atoms with E-state index in [9.17, 15) is 0 Å². The minimum absolute atomic E-state index is 0.842. The van der Waals surface area contributed by atoms with Gasteiger partial charge in [-0.2, -0.15) is 0 Å². The van der Waals surface area contributed by atoms with E-state index in [-0.39, 0.29) is 0 Å². The predicted molar refractivity (Wildman–Crippen MR) is 66.5 cm³/mol. The Morgan fingerprint density at radius 2 is 1.29 bits per heavy atom. The van der Waals surface area contributed by atoms with Crippen molar-refractivity contribution >= 4 is 0 Å². The van der Waals surface area contributed by atoms with Crippen LogP contribution in [0.4, 0.5) is 0 Å². The Labute approximate surface area is 91.5 Å². The van der Waals surface area contributed by atoms with Crippen LogP contribution in [-0.4, -0.2) is 0 Å². The highest BCUT2D eigenvalue weighted by Crippen LogP contribution is 2.31. The fourth-order valence-electron chi connectivity index (χ4n) is 2.35. The maximum absolute atomic E-state index is 2.43. The molecule has 0 heteroatoms. The molecule has 0 amide bonds. The lowest BCUT2D eigenvalue weighted by atomic mass is 9.77. The minimum atomic E-state index is 0.842. The molecule has 0 saturated heterocycles. The van der Waals surface area contributed by atoms with Gasteiger partial charge in [0.05, 0.1) is 0 Å². The molecule has 86 valence electrons. The van der Waals surface area contributed by atoms with Gasteiger partial charge >= 0.3 is 0 Å². The Balaban J connectivity index is 4.12. The highest BCUT2D eigenvalue weighted by atomic mass is 14.3. The average Bonchev–Trinajstić information content (AvgIpc) is 2.19. The Morgan fingerprint density at radius 1 is 0.786 bits per heavy atom. The lowest BCUT2D eigenvalue weighted by Crippen LogP contribution is -2.19. The standard InChI is InChI=1S/C14H30/c1-7-13(8-2)10-14(9-3)12(6)11(4)5/h11-14H,7-10H2,1-6H3. The predicted octanol–water partition coefficient (Wildman–Crippen LogP) is 5.13. The van der Waals surface area contributed by atoms with E-state index in [0.29, 0.717) is 0 Å². The first-order valence-electron chi connectivity index (χ1n) is 6.56. The molecular formula is C14H30. The van der Waals surface area contributed by atoms with Gasteiger partial charge in [0.25, 0.3) is 0 Å². The van der Waals surface area contributed by atoms with Crippen molar-refractivity contribution in [2.24, 2.45) is 23.7 Å². The third-order valence-electron chi connectivity index (χ3n) is 4.11. The SMILES string of the molecule is CCC(CC)CC(CC)C(C)C(C)C. The molecule has 0 aliphatic heterocycles. The third kappa shape index (κ3) is 4.48. The Bertz CT molecular complexity index is 122. The van der Waals surface area contributed by atoms with Crippen LogP contribution in [0.15, 0.2) is 0 Å². The van der Waals surface area contributed by atoms with Crippen molar-refractivity contribution in [1.29, 1.82) is 0 Å². The summed E-state index contributed by atoms with van der Waals surface area (Å²) < 4.78 is 0. The van der Waals surface area contributed by atoms with Crippen LogP contribution in [0.25, 0.3) is 0 Å². The zero-order valence-corrected chi connectivity index (χ0v) is 11.1. The third-order valence-corrected chi connectivity index (χ3v) is 4.11. The van der Waals surface area contributed by atoms with Crippen LogP contribution < -0.4 is 0 Å². The molecule has 0 radical (unpaired) electrons. The van der Waals surface area contributed by atoms with Crippen LogP contribution in [0.3, 0.4) is 0 Å². The number of hydrogen-bond acceptors (Lipinski definition) is 0. The lowest BCUT2D eigenvalue weighted by Gasteiger charge is -2.29. The molecule has 0 aromatic carbocycles. The summed E-state index contributed by atoms with van der Waals surface area (Å²) in [6, 6.07) is 0. The number of rotatable bonds is 7. The zero-order chi connectivity index (χ0) is 11.1. The van der Waals surface area contributed by atoms with E-state index >= 15 is 0 Å². The largest absolute Gasteiger partial charge is 0.0651 e. The molecule has 0 bridgehead atoms. The van der Waals surface area contributed by atoms with E-state index < -0.39 is 0 Å². The van der Waals surface area contributed by atoms with Gasteiger partial charge in [0.2, 0.25) is 0 Å². The van der Waals surface area contributed by atoms with Gasteiger partial charge in [-0.1, -0.05) is 60.8 Å². The van der Waals surface area contributed by atoms with Crippen molar-refractivity contribution < 1.29 is 0 Å². The highest BCUT2D eigenvalue weighted by Gasteiger charge is 2.20. The van der Waals surface area contributed by atoms with Crippen LogP contribution in [0.2, 0.25) is 0 Å². The summed E-state index contributed by atoms with van der Waals surface area (Å²) >= 11 is 0. The van der Waals surface area contributed by atoms with Gasteiger partial charge in [0.15, 0.2) is 0 Å². The van der Waals surface area contributed by atoms with Crippen molar-refractivity contribution in [3.05, 3.63) is 0 Å². The smallest absolute Gasteiger partial charge is 0.0386 e. The molecule has 0 aliphatic carbocycles. The molecule has 0 saturated carbocycles. The molecule has 0 N–H and O–H groups in total. The van der Waals surface area contributed by atoms with E-state index in [4.69, 9.17) is 0 Å². The molecule has 0 rings (SSSR count). The molecule has 0 heterocycles.